The van der Waals surface area contributed by atoms with Crippen molar-refractivity contribution in [1.82, 2.24) is 4.98 Å². The van der Waals surface area contributed by atoms with Crippen LogP contribution in [-0.2, 0) is 0 Å². The average Bonchev–Trinajstić information content (AvgIpc) is 2.64. The van der Waals surface area contributed by atoms with Gasteiger partial charge in [0.15, 0.2) is 0 Å². The number of aryl methyl sites for hydroxylation is 1. The molecule has 3 rings (SSSR count). The zero-order chi connectivity index (χ0) is 19.4. The van der Waals surface area contributed by atoms with Crippen LogP contribution in [0.2, 0.25) is 0 Å². The van der Waals surface area contributed by atoms with Gasteiger partial charge in [-0.05, 0) is 48.9 Å². The lowest BCUT2D eigenvalue weighted by molar-refractivity contribution is 0.102. The summed E-state index contributed by atoms with van der Waals surface area (Å²) in [5.41, 5.74) is 2.34. The molecule has 7 heteroatoms. The third-order valence-electron chi connectivity index (χ3n) is 3.81. The predicted octanol–water partition coefficient (Wildman–Crippen LogP) is 4.67. The summed E-state index contributed by atoms with van der Waals surface area (Å²) < 4.78 is 32.0. The second-order valence-electron chi connectivity index (χ2n) is 5.84. The molecule has 1 amide bonds. The highest BCUT2D eigenvalue weighted by molar-refractivity contribution is 6.03. The molecular formula is C20H17F2N3O2. The normalized spacial score (nSPS) is 10.4. The van der Waals surface area contributed by atoms with Crippen molar-refractivity contribution >= 4 is 23.0 Å². The Balaban J connectivity index is 1.81. The Bertz CT molecular complexity index is 993. The van der Waals surface area contributed by atoms with E-state index in [2.05, 4.69) is 15.6 Å². The van der Waals surface area contributed by atoms with Crippen molar-refractivity contribution in [3.05, 3.63) is 77.6 Å². The van der Waals surface area contributed by atoms with Crippen molar-refractivity contribution in [2.75, 3.05) is 17.7 Å². The second kappa shape index (κ2) is 7.82. The van der Waals surface area contributed by atoms with E-state index < -0.39 is 17.5 Å². The fourth-order valence-electron chi connectivity index (χ4n) is 2.48. The van der Waals surface area contributed by atoms with E-state index in [4.69, 9.17) is 4.74 Å². The molecule has 0 fully saturated rings. The SMILES string of the molecule is COc1ccc(C)cc1Nc1ccnc(C(=O)Nc2ccc(F)cc2F)c1. The van der Waals surface area contributed by atoms with Crippen molar-refractivity contribution in [1.29, 1.82) is 0 Å². The minimum Gasteiger partial charge on any atom is -0.495 e. The molecule has 1 aromatic heterocycles. The third-order valence-corrected chi connectivity index (χ3v) is 3.81. The highest BCUT2D eigenvalue weighted by Gasteiger charge is 2.12. The molecule has 0 aliphatic heterocycles. The Morgan fingerprint density at radius 2 is 1.85 bits per heavy atom. The summed E-state index contributed by atoms with van der Waals surface area (Å²) in [6.45, 7) is 1.95. The number of benzene rings is 2. The molecule has 3 aromatic rings. The molecule has 1 heterocycles. The van der Waals surface area contributed by atoms with Crippen LogP contribution in [0.15, 0.2) is 54.7 Å². The van der Waals surface area contributed by atoms with Gasteiger partial charge >= 0.3 is 0 Å². The largest absolute Gasteiger partial charge is 0.495 e. The number of nitrogens with zero attached hydrogens (tertiary/aromatic N) is 1. The number of methoxy groups -OCH3 is 1. The van der Waals surface area contributed by atoms with Crippen molar-refractivity contribution in [3.63, 3.8) is 0 Å². The number of nitrogens with one attached hydrogen (secondary N) is 2. The maximum atomic E-state index is 13.7. The van der Waals surface area contributed by atoms with Gasteiger partial charge in [0.05, 0.1) is 18.5 Å². The van der Waals surface area contributed by atoms with Gasteiger partial charge in [0.2, 0.25) is 0 Å². The van der Waals surface area contributed by atoms with E-state index in [1.54, 1.807) is 13.2 Å². The highest BCUT2D eigenvalue weighted by atomic mass is 19.1. The van der Waals surface area contributed by atoms with Crippen LogP contribution in [0.1, 0.15) is 16.1 Å². The molecular weight excluding hydrogens is 352 g/mol. The van der Waals surface area contributed by atoms with E-state index >= 15 is 0 Å². The molecule has 0 unspecified atom stereocenters. The monoisotopic (exact) mass is 369 g/mol. The Kier molecular flexibility index (Phi) is 5.30. The summed E-state index contributed by atoms with van der Waals surface area (Å²) in [6, 6.07) is 11.8. The molecule has 2 aromatic carbocycles. The van der Waals surface area contributed by atoms with Crippen LogP contribution < -0.4 is 15.4 Å². The van der Waals surface area contributed by atoms with Crippen LogP contribution in [0.5, 0.6) is 5.75 Å². The lowest BCUT2D eigenvalue weighted by atomic mass is 10.2. The van der Waals surface area contributed by atoms with Crippen LogP contribution in [0, 0.1) is 18.6 Å². The topological polar surface area (TPSA) is 63.2 Å². The summed E-state index contributed by atoms with van der Waals surface area (Å²) >= 11 is 0. The molecule has 0 radical (unpaired) electrons. The van der Waals surface area contributed by atoms with Gasteiger partial charge < -0.3 is 15.4 Å². The smallest absolute Gasteiger partial charge is 0.274 e. The van der Waals surface area contributed by atoms with E-state index in [0.717, 1.165) is 23.4 Å². The van der Waals surface area contributed by atoms with Crippen LogP contribution >= 0.6 is 0 Å². The molecule has 0 saturated carbocycles. The number of amides is 1. The Labute approximate surface area is 155 Å². The summed E-state index contributed by atoms with van der Waals surface area (Å²) in [5.74, 6) is -1.54. The number of halogens is 2. The number of carbonyl (C=O) groups is 1. The molecule has 5 nitrogen and oxygen atoms in total. The maximum absolute atomic E-state index is 13.7. The first-order chi connectivity index (χ1) is 13.0. The maximum Gasteiger partial charge on any atom is 0.274 e. The predicted molar refractivity (Wildman–Crippen MR) is 99.6 cm³/mol. The number of anilines is 3. The van der Waals surface area contributed by atoms with Crippen LogP contribution in [0.4, 0.5) is 25.8 Å². The number of pyridine rings is 1. The fraction of sp³-hybridized carbons (Fsp3) is 0.100. The molecule has 0 bridgehead atoms. The Hall–Kier alpha value is -3.48. The van der Waals surface area contributed by atoms with Crippen LogP contribution in [0.25, 0.3) is 0 Å². The first kappa shape index (κ1) is 18.3. The number of rotatable bonds is 5. The molecule has 0 saturated heterocycles. The number of carbonyl (C=O) groups excluding carboxylic acids is 1. The first-order valence-electron chi connectivity index (χ1n) is 8.10. The van der Waals surface area contributed by atoms with Crippen LogP contribution in [-0.4, -0.2) is 18.0 Å². The summed E-state index contributed by atoms with van der Waals surface area (Å²) in [4.78, 5) is 16.4. The molecule has 2 N–H and O–H groups in total. The molecule has 0 aliphatic rings. The lowest BCUT2D eigenvalue weighted by Gasteiger charge is -2.13. The molecule has 27 heavy (non-hydrogen) atoms. The van der Waals surface area contributed by atoms with Crippen LogP contribution in [0.3, 0.4) is 0 Å². The second-order valence-corrected chi connectivity index (χ2v) is 5.84. The lowest BCUT2D eigenvalue weighted by Crippen LogP contribution is -2.15. The molecule has 138 valence electrons. The van der Waals surface area contributed by atoms with E-state index in [1.807, 2.05) is 25.1 Å². The zero-order valence-corrected chi connectivity index (χ0v) is 14.7. The molecule has 0 spiro atoms. The Morgan fingerprint density at radius 1 is 1.04 bits per heavy atom. The molecule has 0 aliphatic carbocycles. The number of hydrogen-bond acceptors (Lipinski definition) is 4. The number of ether oxygens (including phenoxy) is 1. The van der Waals surface area contributed by atoms with Gasteiger partial charge in [-0.25, -0.2) is 8.78 Å². The average molecular weight is 369 g/mol. The summed E-state index contributed by atoms with van der Waals surface area (Å²) in [6.07, 6.45) is 1.46. The van der Waals surface area contributed by atoms with E-state index in [0.29, 0.717) is 17.5 Å². The fourth-order valence-corrected chi connectivity index (χ4v) is 2.48. The van der Waals surface area contributed by atoms with E-state index in [-0.39, 0.29) is 11.4 Å². The van der Waals surface area contributed by atoms with Gasteiger partial charge in [-0.3, -0.25) is 9.78 Å². The van der Waals surface area contributed by atoms with Gasteiger partial charge in [-0.1, -0.05) is 6.07 Å². The standard InChI is InChI=1S/C20H17F2N3O2/c1-12-3-6-19(27-2)17(9-12)24-14-7-8-23-18(11-14)20(26)25-16-5-4-13(21)10-15(16)22/h3-11H,1-2H3,(H,23,24)(H,25,26). The van der Waals surface area contributed by atoms with E-state index in [1.165, 1.54) is 12.3 Å². The number of aromatic nitrogens is 1. The van der Waals surface area contributed by atoms with Crippen molar-refractivity contribution < 1.29 is 18.3 Å². The van der Waals surface area contributed by atoms with E-state index in [9.17, 15) is 13.6 Å². The van der Waals surface area contributed by atoms with Crippen molar-refractivity contribution in [2.45, 2.75) is 6.92 Å². The van der Waals surface area contributed by atoms with Crippen molar-refractivity contribution in [3.8, 4) is 5.75 Å². The summed E-state index contributed by atoms with van der Waals surface area (Å²) in [5, 5.41) is 5.55. The molecule has 0 atom stereocenters. The van der Waals surface area contributed by atoms with Crippen molar-refractivity contribution in [2.24, 2.45) is 0 Å². The minimum atomic E-state index is -0.859. The minimum absolute atomic E-state index is 0.0790. The summed E-state index contributed by atoms with van der Waals surface area (Å²) in [7, 11) is 1.57. The van der Waals surface area contributed by atoms with Gasteiger partial charge in [-0.15, -0.1) is 0 Å². The third kappa shape index (κ3) is 4.38. The first-order valence-corrected chi connectivity index (χ1v) is 8.10. The Morgan fingerprint density at radius 3 is 2.59 bits per heavy atom. The van der Waals surface area contributed by atoms with Gasteiger partial charge in [0, 0.05) is 18.0 Å². The quantitative estimate of drug-likeness (QED) is 0.686. The number of hydrogen-bond donors (Lipinski definition) is 2. The van der Waals surface area contributed by atoms with Gasteiger partial charge in [0.1, 0.15) is 23.1 Å². The van der Waals surface area contributed by atoms with Gasteiger partial charge in [0.25, 0.3) is 5.91 Å². The highest BCUT2D eigenvalue weighted by Crippen LogP contribution is 2.28. The van der Waals surface area contributed by atoms with Gasteiger partial charge in [-0.2, -0.15) is 0 Å². The zero-order valence-electron chi connectivity index (χ0n) is 14.7.